The summed E-state index contributed by atoms with van der Waals surface area (Å²) in [6.45, 7) is 9.60. The fourth-order valence-electron chi connectivity index (χ4n) is 15.5. The van der Waals surface area contributed by atoms with E-state index in [4.69, 9.17) is 0 Å². The van der Waals surface area contributed by atoms with Gasteiger partial charge in [0.1, 0.15) is 0 Å². The Morgan fingerprint density at radius 3 is 0.879 bits per heavy atom. The molecule has 0 bridgehead atoms. The van der Waals surface area contributed by atoms with Crippen molar-refractivity contribution in [2.75, 3.05) is 22.3 Å². The summed E-state index contributed by atoms with van der Waals surface area (Å²) in [5, 5.41) is 9.81. The molecule has 0 saturated carbocycles. The highest BCUT2D eigenvalue weighted by Gasteiger charge is 2.39. The lowest BCUT2D eigenvalue weighted by molar-refractivity contribution is 0.660. The highest BCUT2D eigenvalue weighted by molar-refractivity contribution is 8.33. The van der Waals surface area contributed by atoms with E-state index < -0.39 is 10.0 Å². The molecule has 0 amide bonds. The predicted molar refractivity (Wildman–Crippen MR) is 393 cm³/mol. The third kappa shape index (κ3) is 8.77. The number of hydrogen-bond acceptors (Lipinski definition) is 2. The van der Waals surface area contributed by atoms with E-state index in [0.29, 0.717) is 0 Å². The Kier molecular flexibility index (Phi) is 12.5. The minimum absolute atomic E-state index is 0.221. The van der Waals surface area contributed by atoms with Crippen molar-refractivity contribution in [3.63, 3.8) is 0 Å². The van der Waals surface area contributed by atoms with Crippen LogP contribution in [0.5, 0.6) is 0 Å². The molecule has 1 heterocycles. The Hall–Kier alpha value is -10.5. The second-order valence-electron chi connectivity index (χ2n) is 26.5. The number of rotatable bonds is 10. The molecule has 0 fully saturated rings. The molecule has 3 heteroatoms. The van der Waals surface area contributed by atoms with Gasteiger partial charge in [0.05, 0.1) is 22.7 Å². The van der Waals surface area contributed by atoms with Crippen LogP contribution in [0.4, 0.5) is 34.1 Å². The van der Waals surface area contributed by atoms with E-state index in [1.54, 1.807) is 0 Å². The van der Waals surface area contributed by atoms with Gasteiger partial charge in [0.15, 0.2) is 0 Å². The van der Waals surface area contributed by atoms with Crippen molar-refractivity contribution in [3.8, 4) is 33.4 Å². The number of benzene rings is 14. The van der Waals surface area contributed by atoms with Crippen molar-refractivity contribution in [1.82, 2.24) is 0 Å². The van der Waals surface area contributed by atoms with Gasteiger partial charge in [-0.25, -0.2) is 0 Å². The molecule has 0 atom stereocenters. The molecule has 0 aromatic heterocycles. The Morgan fingerprint density at radius 1 is 0.264 bits per heavy atom. The molecule has 14 aromatic carbocycles. The van der Waals surface area contributed by atoms with Crippen LogP contribution in [0, 0.1) is 0 Å². The summed E-state index contributed by atoms with van der Waals surface area (Å²) in [5.74, 6) is 0. The van der Waals surface area contributed by atoms with Crippen LogP contribution in [0.15, 0.2) is 289 Å². The average Bonchev–Trinajstić information content (AvgIpc) is 1.63. The molecule has 0 spiro atoms. The van der Waals surface area contributed by atoms with Crippen LogP contribution in [0.1, 0.15) is 72.2 Å². The number of anilines is 6. The van der Waals surface area contributed by atoms with Crippen molar-refractivity contribution < 1.29 is 0 Å². The van der Waals surface area contributed by atoms with E-state index in [9.17, 15) is 0 Å². The van der Waals surface area contributed by atoms with E-state index in [0.717, 1.165) is 11.4 Å². The Labute approximate surface area is 535 Å². The third-order valence-electron chi connectivity index (χ3n) is 20.2. The second-order valence-corrected chi connectivity index (χ2v) is 30.0. The Bertz CT molecular complexity index is 4910. The summed E-state index contributed by atoms with van der Waals surface area (Å²) in [7, 11) is -1.20. The molecule has 0 radical (unpaired) electrons. The van der Waals surface area contributed by atoms with E-state index in [-0.39, 0.29) is 10.8 Å². The maximum absolute atomic E-state index is 2.48. The van der Waals surface area contributed by atoms with Gasteiger partial charge in [-0.1, -0.05) is 258 Å². The fraction of sp³-hybridized carbons (Fsp3) is 0.0909. The van der Waals surface area contributed by atoms with Gasteiger partial charge in [0, 0.05) is 53.5 Å². The van der Waals surface area contributed by atoms with Crippen LogP contribution in [0.25, 0.3) is 101 Å². The van der Waals surface area contributed by atoms with Crippen molar-refractivity contribution >= 4 is 112 Å². The maximum atomic E-state index is 2.48. The first-order valence-electron chi connectivity index (χ1n) is 31.9. The van der Waals surface area contributed by atoms with Crippen LogP contribution < -0.4 is 9.80 Å². The lowest BCUT2D eigenvalue weighted by Gasteiger charge is -2.30. The molecule has 0 N–H and O–H groups in total. The highest BCUT2D eigenvalue weighted by Crippen LogP contribution is 2.67. The third-order valence-corrected chi connectivity index (χ3v) is 23.2. The van der Waals surface area contributed by atoms with Crippen molar-refractivity contribution in [3.05, 3.63) is 324 Å². The first-order chi connectivity index (χ1) is 44.4. The summed E-state index contributed by atoms with van der Waals surface area (Å²) in [4.78, 5) is 7.87. The summed E-state index contributed by atoms with van der Waals surface area (Å²) in [6.07, 6.45) is 14.2. The molecule has 3 aliphatic rings. The molecule has 14 aromatic rings. The molecule has 1 aliphatic heterocycles. The SMILES string of the molecule is CC1(C)c2cc(C=Cc3ccc4c(c3)-c3cc(C=Cc5ccc6c(c5)C(C)(C)c5cc(N(c7cccc8ccccc78)c7cccc8ccccc78)ccc5-6)ccc3S4(C)C)ccc2-c2ccc(N(c3cccc4ccccc34)c3cccc4ccccc34)cc21. The largest absolute Gasteiger partial charge is 0.309 e. The van der Waals surface area contributed by atoms with Gasteiger partial charge in [0.2, 0.25) is 0 Å². The zero-order valence-electron chi connectivity index (χ0n) is 52.2. The quantitative estimate of drug-likeness (QED) is 0.126. The standard InChI is InChI=1S/C88H68N2S/c1-87(2)77-53-59(39-45-71(77)73-47-43-65(55-79(73)87)89(81-31-15-23-61-19-7-11-27-67(61)81)82-32-16-24-62-20-8-12-28-68(62)82)37-35-57-41-49-85-75(51-57)76-52-58(42-50-86(76)91(85,5)6)36-38-60-40-46-72-74-48-44-66(56-80(74)88(3,4)78(72)54-60)90(83-33-17-25-63-21-9-13-29-69(63)83)84-34-18-26-64-22-10-14-30-70(64)84/h7-56H,1-6H3. The smallest absolute Gasteiger partial charge is 0.0540 e. The molecule has 17 rings (SSSR count). The van der Waals surface area contributed by atoms with E-state index in [1.807, 2.05) is 0 Å². The topological polar surface area (TPSA) is 6.48 Å². The predicted octanol–water partition coefficient (Wildman–Crippen LogP) is 24.7. The van der Waals surface area contributed by atoms with Crippen molar-refractivity contribution in [1.29, 1.82) is 0 Å². The van der Waals surface area contributed by atoms with Crippen molar-refractivity contribution in [2.45, 2.75) is 48.3 Å². The summed E-state index contributed by atoms with van der Waals surface area (Å²) < 4.78 is 0. The van der Waals surface area contributed by atoms with Crippen LogP contribution in [-0.2, 0) is 10.8 Å². The molecule has 2 nitrogen and oxygen atoms in total. The molecule has 436 valence electrons. The van der Waals surface area contributed by atoms with Gasteiger partial charge >= 0.3 is 0 Å². The zero-order chi connectivity index (χ0) is 61.3. The summed E-state index contributed by atoms with van der Waals surface area (Å²) in [6, 6.07) is 104. The molecule has 0 unspecified atom stereocenters. The normalized spacial score (nSPS) is 14.8. The minimum Gasteiger partial charge on any atom is -0.309 e. The Morgan fingerprint density at radius 2 is 0.538 bits per heavy atom. The van der Waals surface area contributed by atoms with Gasteiger partial charge in [-0.3, -0.25) is 0 Å². The van der Waals surface area contributed by atoms with Crippen LogP contribution >= 0.6 is 10.0 Å². The molecular formula is C88H68N2S. The number of fused-ring (bicyclic) bond motifs is 13. The Balaban J connectivity index is 0.649. The van der Waals surface area contributed by atoms with E-state index in [2.05, 4.69) is 353 Å². The maximum Gasteiger partial charge on any atom is 0.0540 e. The summed E-state index contributed by atoms with van der Waals surface area (Å²) in [5.41, 5.74) is 24.7. The highest BCUT2D eigenvalue weighted by atomic mass is 32.3. The first-order valence-corrected chi connectivity index (χ1v) is 34.3. The lowest BCUT2D eigenvalue weighted by atomic mass is 9.81. The van der Waals surface area contributed by atoms with Gasteiger partial charge < -0.3 is 9.80 Å². The molecule has 0 saturated heterocycles. The monoisotopic (exact) mass is 1180 g/mol. The lowest BCUT2D eigenvalue weighted by Crippen LogP contribution is -2.17. The van der Waals surface area contributed by atoms with Gasteiger partial charge in [-0.2, -0.15) is 10.0 Å². The molecule has 91 heavy (non-hydrogen) atoms. The minimum atomic E-state index is -1.20. The first kappa shape index (κ1) is 54.7. The van der Waals surface area contributed by atoms with Crippen molar-refractivity contribution in [2.24, 2.45) is 0 Å². The average molecular weight is 1190 g/mol. The van der Waals surface area contributed by atoms with Gasteiger partial charge in [-0.05, 0) is 185 Å². The van der Waals surface area contributed by atoms with Crippen LogP contribution in [0.2, 0.25) is 0 Å². The van der Waals surface area contributed by atoms with Crippen LogP contribution in [0.3, 0.4) is 0 Å². The van der Waals surface area contributed by atoms with Gasteiger partial charge in [0.25, 0.3) is 0 Å². The fourth-order valence-corrected chi connectivity index (χ4v) is 18.0. The zero-order valence-corrected chi connectivity index (χ0v) is 53.0. The summed E-state index contributed by atoms with van der Waals surface area (Å²) >= 11 is 0. The second kappa shape index (κ2) is 20.8. The van der Waals surface area contributed by atoms with Crippen LogP contribution in [-0.4, -0.2) is 12.5 Å². The van der Waals surface area contributed by atoms with E-state index in [1.165, 1.54) is 154 Å². The van der Waals surface area contributed by atoms with Gasteiger partial charge in [-0.15, -0.1) is 0 Å². The number of nitrogens with zero attached hydrogens (tertiary/aromatic N) is 2. The van der Waals surface area contributed by atoms with E-state index >= 15 is 0 Å². The number of hydrogen-bond donors (Lipinski definition) is 0. The molecule has 2 aliphatic carbocycles. The molecular weight excluding hydrogens is 1120 g/mol.